The maximum atomic E-state index is 12.4. The molecule has 1 heterocycles. The summed E-state index contributed by atoms with van der Waals surface area (Å²) in [6.07, 6.45) is 8.36. The number of carbonyl (C=O) groups excluding carboxylic acids is 1. The van der Waals surface area contributed by atoms with Crippen molar-refractivity contribution in [2.45, 2.75) is 55.6 Å². The molecule has 0 bridgehead atoms. The summed E-state index contributed by atoms with van der Waals surface area (Å²) in [5.74, 6) is 0.298. The molecule has 0 amide bonds. The van der Waals surface area contributed by atoms with Gasteiger partial charge in [0.1, 0.15) is 5.76 Å². The molecule has 4 heteroatoms. The average Bonchev–Trinajstić information content (AvgIpc) is 2.88. The minimum absolute atomic E-state index is 0.388. The number of benzene rings is 1. The first-order chi connectivity index (χ1) is 10.2. The van der Waals surface area contributed by atoms with E-state index in [0.717, 1.165) is 19.3 Å². The molecule has 0 aliphatic carbocycles. The fourth-order valence-electron chi connectivity index (χ4n) is 2.35. The zero-order valence-electron chi connectivity index (χ0n) is 12.4. The molecule has 0 aromatic heterocycles. The van der Waals surface area contributed by atoms with Crippen LogP contribution in [0.4, 0.5) is 0 Å². The van der Waals surface area contributed by atoms with Crippen LogP contribution in [0.5, 0.6) is 0 Å². The summed E-state index contributed by atoms with van der Waals surface area (Å²) in [5, 5.41) is -0.655. The fraction of sp³-hybridized carbons (Fsp3) is 0.471. The van der Waals surface area contributed by atoms with Crippen LogP contribution < -0.4 is 0 Å². The second-order valence-corrected chi connectivity index (χ2v) is 6.82. The standard InChI is InChI=1S/C17H22O3S/c1-2-3-4-5-7-10-14-13-16(17(18)20-14)21(19)15-11-8-6-9-12-15/h6,8-9,11-13,16H,2-5,7,10H2,1H3. The predicted molar refractivity (Wildman–Crippen MR) is 84.2 cm³/mol. The quantitative estimate of drug-likeness (QED) is 0.539. The van der Waals surface area contributed by atoms with Crippen molar-refractivity contribution in [1.29, 1.82) is 0 Å². The number of hydrogen-bond donors (Lipinski definition) is 0. The number of esters is 1. The number of cyclic esters (lactones) is 1. The van der Waals surface area contributed by atoms with Crippen LogP contribution in [0.1, 0.15) is 45.4 Å². The van der Waals surface area contributed by atoms with Gasteiger partial charge in [0.05, 0.1) is 10.8 Å². The van der Waals surface area contributed by atoms with Gasteiger partial charge in [-0.1, -0.05) is 50.8 Å². The lowest BCUT2D eigenvalue weighted by atomic mass is 10.1. The molecular formula is C17H22O3S. The van der Waals surface area contributed by atoms with E-state index in [4.69, 9.17) is 4.74 Å². The second-order valence-electron chi connectivity index (χ2n) is 5.25. The van der Waals surface area contributed by atoms with Crippen molar-refractivity contribution in [3.63, 3.8) is 0 Å². The molecular weight excluding hydrogens is 284 g/mol. The van der Waals surface area contributed by atoms with Gasteiger partial charge in [0.15, 0.2) is 5.25 Å². The molecule has 0 saturated carbocycles. The summed E-state index contributed by atoms with van der Waals surface area (Å²) < 4.78 is 17.6. The lowest BCUT2D eigenvalue weighted by molar-refractivity contribution is -0.136. The van der Waals surface area contributed by atoms with Crippen molar-refractivity contribution in [3.05, 3.63) is 42.2 Å². The van der Waals surface area contributed by atoms with E-state index in [9.17, 15) is 9.00 Å². The van der Waals surface area contributed by atoms with Crippen molar-refractivity contribution in [3.8, 4) is 0 Å². The first-order valence-electron chi connectivity index (χ1n) is 7.60. The largest absolute Gasteiger partial charge is 0.430 e. The van der Waals surface area contributed by atoms with E-state index in [-0.39, 0.29) is 5.97 Å². The Morgan fingerprint density at radius 3 is 2.52 bits per heavy atom. The minimum Gasteiger partial charge on any atom is -0.430 e. The fourth-order valence-corrected chi connectivity index (χ4v) is 3.56. The Morgan fingerprint density at radius 2 is 1.81 bits per heavy atom. The normalized spacial score (nSPS) is 19.2. The van der Waals surface area contributed by atoms with Gasteiger partial charge in [0.2, 0.25) is 0 Å². The van der Waals surface area contributed by atoms with Crippen LogP contribution in [0.25, 0.3) is 0 Å². The Labute approximate surface area is 128 Å². The molecule has 0 fully saturated rings. The summed E-state index contributed by atoms with van der Waals surface area (Å²) in [4.78, 5) is 12.5. The van der Waals surface area contributed by atoms with E-state index >= 15 is 0 Å². The number of hydrogen-bond acceptors (Lipinski definition) is 3. The third-order valence-electron chi connectivity index (χ3n) is 3.53. The molecule has 2 atom stereocenters. The highest BCUT2D eigenvalue weighted by molar-refractivity contribution is 7.86. The molecule has 0 saturated heterocycles. The topological polar surface area (TPSA) is 43.4 Å². The average molecular weight is 306 g/mol. The van der Waals surface area contributed by atoms with Gasteiger partial charge in [-0.15, -0.1) is 0 Å². The summed E-state index contributed by atoms with van der Waals surface area (Å²) in [6, 6.07) is 9.07. The summed E-state index contributed by atoms with van der Waals surface area (Å²) in [7, 11) is -1.37. The smallest absolute Gasteiger partial charge is 0.331 e. The van der Waals surface area contributed by atoms with Gasteiger partial charge in [-0.3, -0.25) is 4.21 Å². The van der Waals surface area contributed by atoms with Gasteiger partial charge in [-0.05, 0) is 24.6 Å². The Bertz CT molecular complexity index is 522. The monoisotopic (exact) mass is 306 g/mol. The number of ether oxygens (including phenoxy) is 1. The molecule has 21 heavy (non-hydrogen) atoms. The lowest BCUT2D eigenvalue weighted by Crippen LogP contribution is -2.20. The summed E-state index contributed by atoms with van der Waals surface area (Å²) in [6.45, 7) is 2.19. The minimum atomic E-state index is -1.37. The summed E-state index contributed by atoms with van der Waals surface area (Å²) in [5.41, 5.74) is 0. The van der Waals surface area contributed by atoms with E-state index in [2.05, 4.69) is 6.92 Å². The number of rotatable bonds is 8. The van der Waals surface area contributed by atoms with E-state index < -0.39 is 16.0 Å². The maximum absolute atomic E-state index is 12.4. The number of unbranched alkanes of at least 4 members (excludes halogenated alkanes) is 4. The van der Waals surface area contributed by atoms with Gasteiger partial charge >= 0.3 is 5.97 Å². The van der Waals surface area contributed by atoms with E-state index in [1.807, 2.05) is 18.2 Å². The molecule has 0 N–H and O–H groups in total. The van der Waals surface area contributed by atoms with E-state index in [0.29, 0.717) is 10.7 Å². The van der Waals surface area contributed by atoms with Crippen LogP contribution in [-0.2, 0) is 20.3 Å². The van der Waals surface area contributed by atoms with Crippen molar-refractivity contribution in [2.24, 2.45) is 0 Å². The maximum Gasteiger partial charge on any atom is 0.331 e. The Balaban J connectivity index is 1.89. The van der Waals surface area contributed by atoms with Gasteiger partial charge in [-0.2, -0.15) is 0 Å². The van der Waals surface area contributed by atoms with Crippen LogP contribution in [0.15, 0.2) is 47.1 Å². The highest BCUT2D eigenvalue weighted by Crippen LogP contribution is 2.24. The Kier molecular flexibility index (Phi) is 6.18. The predicted octanol–water partition coefficient (Wildman–Crippen LogP) is 3.96. The molecule has 3 nitrogen and oxygen atoms in total. The van der Waals surface area contributed by atoms with Crippen LogP contribution in [0, 0.1) is 0 Å². The molecule has 0 radical (unpaired) electrons. The molecule has 1 aliphatic rings. The molecule has 1 aromatic carbocycles. The number of allylic oxidation sites excluding steroid dienone is 1. The van der Waals surface area contributed by atoms with Gasteiger partial charge < -0.3 is 4.74 Å². The van der Waals surface area contributed by atoms with Gasteiger partial charge in [-0.25, -0.2) is 4.79 Å². The third-order valence-corrected chi connectivity index (χ3v) is 5.06. The van der Waals surface area contributed by atoms with Crippen LogP contribution in [0.3, 0.4) is 0 Å². The zero-order valence-corrected chi connectivity index (χ0v) is 13.2. The highest BCUT2D eigenvalue weighted by atomic mass is 32.2. The first-order valence-corrected chi connectivity index (χ1v) is 8.81. The SMILES string of the molecule is CCCCCCCC1=CC(S(=O)c2ccccc2)C(=O)O1. The van der Waals surface area contributed by atoms with Gasteiger partial charge in [0.25, 0.3) is 0 Å². The van der Waals surface area contributed by atoms with Crippen molar-refractivity contribution in [2.75, 3.05) is 0 Å². The third kappa shape index (κ3) is 4.53. The molecule has 2 rings (SSSR count). The highest BCUT2D eigenvalue weighted by Gasteiger charge is 2.32. The first kappa shape index (κ1) is 16.0. The zero-order chi connectivity index (χ0) is 15.1. The Hall–Kier alpha value is -1.42. The molecule has 114 valence electrons. The number of carbonyl (C=O) groups is 1. The van der Waals surface area contributed by atoms with Crippen LogP contribution in [0.2, 0.25) is 0 Å². The van der Waals surface area contributed by atoms with Crippen molar-refractivity contribution < 1.29 is 13.7 Å². The van der Waals surface area contributed by atoms with Gasteiger partial charge in [0, 0.05) is 11.3 Å². The van der Waals surface area contributed by atoms with E-state index in [1.165, 1.54) is 19.3 Å². The van der Waals surface area contributed by atoms with Crippen molar-refractivity contribution in [1.82, 2.24) is 0 Å². The molecule has 1 aliphatic heterocycles. The van der Waals surface area contributed by atoms with E-state index in [1.54, 1.807) is 18.2 Å². The Morgan fingerprint density at radius 1 is 1.10 bits per heavy atom. The molecule has 0 spiro atoms. The van der Waals surface area contributed by atoms with Crippen LogP contribution in [-0.4, -0.2) is 15.4 Å². The second kappa shape index (κ2) is 8.13. The lowest BCUT2D eigenvalue weighted by Gasteiger charge is -2.04. The van der Waals surface area contributed by atoms with Crippen LogP contribution >= 0.6 is 0 Å². The molecule has 2 unspecified atom stereocenters. The van der Waals surface area contributed by atoms with Crippen molar-refractivity contribution >= 4 is 16.8 Å². The molecule has 1 aromatic rings. The summed E-state index contributed by atoms with van der Waals surface area (Å²) >= 11 is 0.